The number of pyridine rings is 1. The fourth-order valence-corrected chi connectivity index (χ4v) is 2.31. The minimum atomic E-state index is -0.0159. The number of amides is 1. The van der Waals surface area contributed by atoms with Crippen LogP contribution in [0.4, 0.5) is 5.69 Å². The number of carbonyl (C=O) groups is 1. The third kappa shape index (κ3) is 2.87. The first-order valence-electron chi connectivity index (χ1n) is 6.72. The summed E-state index contributed by atoms with van der Waals surface area (Å²) >= 11 is 0. The van der Waals surface area contributed by atoms with Crippen LogP contribution in [0.1, 0.15) is 6.42 Å². The first-order valence-corrected chi connectivity index (χ1v) is 6.72. The number of carbonyl (C=O) groups excluding carboxylic acids is 1. The van der Waals surface area contributed by atoms with Crippen LogP contribution < -0.4 is 9.64 Å². The zero-order chi connectivity index (χ0) is 14.7. The van der Waals surface area contributed by atoms with Gasteiger partial charge in [0.1, 0.15) is 5.75 Å². The maximum Gasteiger partial charge on any atom is 0.228 e. The second-order valence-electron chi connectivity index (χ2n) is 4.84. The number of ether oxygens (including phenoxy) is 1. The van der Waals surface area contributed by atoms with Gasteiger partial charge in [-0.15, -0.1) is 12.3 Å². The summed E-state index contributed by atoms with van der Waals surface area (Å²) in [6.45, 7) is 0.558. The van der Waals surface area contributed by atoms with Crippen molar-refractivity contribution in [1.29, 1.82) is 0 Å². The molecule has 1 aliphatic heterocycles. The number of aromatic nitrogens is 1. The predicted molar refractivity (Wildman–Crippen MR) is 80.0 cm³/mol. The van der Waals surface area contributed by atoms with E-state index >= 15 is 0 Å². The molecule has 1 unspecified atom stereocenters. The maximum atomic E-state index is 12.0. The Morgan fingerprint density at radius 3 is 2.90 bits per heavy atom. The molecule has 1 fully saturated rings. The molecule has 1 saturated heterocycles. The molecule has 1 aromatic carbocycles. The molecule has 3 rings (SSSR count). The van der Waals surface area contributed by atoms with Crippen molar-refractivity contribution in [1.82, 2.24) is 4.98 Å². The summed E-state index contributed by atoms with van der Waals surface area (Å²) in [6, 6.07) is 12.8. The minimum Gasteiger partial charge on any atom is -0.439 e. The fourth-order valence-electron chi connectivity index (χ4n) is 2.31. The van der Waals surface area contributed by atoms with E-state index in [9.17, 15) is 4.79 Å². The first kappa shape index (κ1) is 13.2. The van der Waals surface area contributed by atoms with E-state index in [0.717, 1.165) is 5.69 Å². The molecule has 1 amide bonds. The van der Waals surface area contributed by atoms with Crippen molar-refractivity contribution in [2.45, 2.75) is 6.42 Å². The molecule has 2 heterocycles. The topological polar surface area (TPSA) is 42.4 Å². The zero-order valence-corrected chi connectivity index (χ0v) is 11.4. The average molecular weight is 278 g/mol. The third-order valence-electron chi connectivity index (χ3n) is 3.35. The summed E-state index contributed by atoms with van der Waals surface area (Å²) in [7, 11) is 0. The van der Waals surface area contributed by atoms with E-state index in [4.69, 9.17) is 11.2 Å². The Kier molecular flexibility index (Phi) is 3.57. The van der Waals surface area contributed by atoms with E-state index in [1.165, 1.54) is 0 Å². The second-order valence-corrected chi connectivity index (χ2v) is 4.84. The van der Waals surface area contributed by atoms with Crippen molar-refractivity contribution in [2.75, 3.05) is 11.4 Å². The lowest BCUT2D eigenvalue weighted by molar-refractivity contribution is -0.117. The summed E-state index contributed by atoms with van der Waals surface area (Å²) in [5, 5.41) is 0. The van der Waals surface area contributed by atoms with Crippen molar-refractivity contribution in [3.63, 3.8) is 0 Å². The molecule has 0 aliphatic carbocycles. The lowest BCUT2D eigenvalue weighted by Crippen LogP contribution is -2.24. The van der Waals surface area contributed by atoms with Crippen molar-refractivity contribution in [3.05, 3.63) is 48.7 Å². The summed E-state index contributed by atoms with van der Waals surface area (Å²) in [5.41, 5.74) is 0.797. The van der Waals surface area contributed by atoms with Gasteiger partial charge in [-0.1, -0.05) is 12.1 Å². The Bertz CT molecular complexity index is 691. The lowest BCUT2D eigenvalue weighted by atomic mass is 10.1. The molecule has 0 bridgehead atoms. The van der Waals surface area contributed by atoms with Crippen LogP contribution >= 0.6 is 0 Å². The smallest absolute Gasteiger partial charge is 0.228 e. The lowest BCUT2D eigenvalue weighted by Gasteiger charge is -2.16. The van der Waals surface area contributed by atoms with E-state index < -0.39 is 0 Å². The van der Waals surface area contributed by atoms with E-state index in [-0.39, 0.29) is 11.8 Å². The molecule has 4 heteroatoms. The first-order chi connectivity index (χ1) is 10.3. The standard InChI is InChI=1S/C17H14N2O2/c1-2-13-10-17(20)19(12-13)14-6-5-7-15(11-14)21-16-8-3-4-9-18-16/h1,3-9,11,13H,10,12H2. The van der Waals surface area contributed by atoms with Gasteiger partial charge in [0, 0.05) is 42.9 Å². The van der Waals surface area contributed by atoms with Gasteiger partial charge in [0.15, 0.2) is 0 Å². The van der Waals surface area contributed by atoms with Crippen LogP contribution in [0.2, 0.25) is 0 Å². The Hall–Kier alpha value is -2.80. The number of hydrogen-bond donors (Lipinski definition) is 0. The van der Waals surface area contributed by atoms with Crippen LogP contribution in [0.25, 0.3) is 0 Å². The van der Waals surface area contributed by atoms with Gasteiger partial charge in [0.2, 0.25) is 11.8 Å². The zero-order valence-electron chi connectivity index (χ0n) is 11.4. The molecule has 0 N–H and O–H groups in total. The number of anilines is 1. The molecule has 0 saturated carbocycles. The summed E-state index contributed by atoms with van der Waals surface area (Å²) < 4.78 is 5.68. The summed E-state index contributed by atoms with van der Waals surface area (Å²) in [6.07, 6.45) is 7.48. The molecule has 1 aromatic heterocycles. The molecule has 4 nitrogen and oxygen atoms in total. The fraction of sp³-hybridized carbons (Fsp3) is 0.176. The highest BCUT2D eigenvalue weighted by Gasteiger charge is 2.29. The van der Waals surface area contributed by atoms with Crippen molar-refractivity contribution in [3.8, 4) is 24.0 Å². The molecule has 0 spiro atoms. The van der Waals surface area contributed by atoms with Crippen molar-refractivity contribution < 1.29 is 9.53 Å². The van der Waals surface area contributed by atoms with Crippen LogP contribution in [-0.4, -0.2) is 17.4 Å². The maximum absolute atomic E-state index is 12.0. The van der Waals surface area contributed by atoms with Gasteiger partial charge in [-0.2, -0.15) is 0 Å². The Morgan fingerprint density at radius 2 is 2.19 bits per heavy atom. The second kappa shape index (κ2) is 5.68. The van der Waals surface area contributed by atoms with Crippen LogP contribution in [0, 0.1) is 18.3 Å². The molecule has 21 heavy (non-hydrogen) atoms. The largest absolute Gasteiger partial charge is 0.439 e. The normalized spacial score (nSPS) is 17.6. The van der Waals surface area contributed by atoms with E-state index in [1.54, 1.807) is 17.2 Å². The van der Waals surface area contributed by atoms with Gasteiger partial charge >= 0.3 is 0 Å². The van der Waals surface area contributed by atoms with Crippen molar-refractivity contribution >= 4 is 11.6 Å². The molecule has 0 radical (unpaired) electrons. The van der Waals surface area contributed by atoms with E-state index in [0.29, 0.717) is 24.6 Å². The van der Waals surface area contributed by atoms with E-state index in [1.807, 2.05) is 36.4 Å². The number of rotatable bonds is 3. The predicted octanol–water partition coefficient (Wildman–Crippen LogP) is 2.86. The Labute approximate surface area is 123 Å². The molecule has 1 atom stereocenters. The van der Waals surface area contributed by atoms with E-state index in [2.05, 4.69) is 10.9 Å². The van der Waals surface area contributed by atoms with Gasteiger partial charge in [0.05, 0.1) is 0 Å². The van der Waals surface area contributed by atoms with Crippen molar-refractivity contribution in [2.24, 2.45) is 5.92 Å². The number of nitrogens with zero attached hydrogens (tertiary/aromatic N) is 2. The van der Waals surface area contributed by atoms with Crippen LogP contribution in [0.15, 0.2) is 48.7 Å². The highest BCUT2D eigenvalue weighted by atomic mass is 16.5. The number of terminal acetylenes is 1. The molecular formula is C17H14N2O2. The quantitative estimate of drug-likeness (QED) is 0.811. The Morgan fingerprint density at radius 1 is 1.29 bits per heavy atom. The number of hydrogen-bond acceptors (Lipinski definition) is 3. The van der Waals surface area contributed by atoms with Crippen LogP contribution in [0.5, 0.6) is 11.6 Å². The molecule has 2 aromatic rings. The van der Waals surface area contributed by atoms with Crippen LogP contribution in [-0.2, 0) is 4.79 Å². The van der Waals surface area contributed by atoms with Crippen LogP contribution in [0.3, 0.4) is 0 Å². The van der Waals surface area contributed by atoms with Gasteiger partial charge in [-0.25, -0.2) is 4.98 Å². The third-order valence-corrected chi connectivity index (χ3v) is 3.35. The number of benzene rings is 1. The average Bonchev–Trinajstić information content (AvgIpc) is 2.90. The monoisotopic (exact) mass is 278 g/mol. The molecule has 104 valence electrons. The SMILES string of the molecule is C#CC1CC(=O)N(c2cccc(Oc3ccccn3)c2)C1. The van der Waals surface area contributed by atoms with Gasteiger partial charge in [0.25, 0.3) is 0 Å². The Balaban J connectivity index is 1.81. The summed E-state index contributed by atoms with van der Waals surface area (Å²) in [4.78, 5) is 17.8. The summed E-state index contributed by atoms with van der Waals surface area (Å²) in [5.74, 6) is 3.84. The van der Waals surface area contributed by atoms with Gasteiger partial charge < -0.3 is 9.64 Å². The highest BCUT2D eigenvalue weighted by Crippen LogP contribution is 2.29. The molecule has 1 aliphatic rings. The van der Waals surface area contributed by atoms with Gasteiger partial charge in [-0.3, -0.25) is 4.79 Å². The minimum absolute atomic E-state index is 0.0159. The molecular weight excluding hydrogens is 264 g/mol. The highest BCUT2D eigenvalue weighted by molar-refractivity contribution is 5.96. The van der Waals surface area contributed by atoms with Gasteiger partial charge in [-0.05, 0) is 18.2 Å².